The Bertz CT molecular complexity index is 1170. The Morgan fingerprint density at radius 2 is 1.61 bits per heavy atom. The van der Waals surface area contributed by atoms with Crippen LogP contribution in [0.1, 0.15) is 34.9 Å². The third kappa shape index (κ3) is 3.70. The maximum Gasteiger partial charge on any atom is 0.170 e. The first-order valence-electron chi connectivity index (χ1n) is 10.3. The molecule has 31 heavy (non-hydrogen) atoms. The monoisotopic (exact) mass is 425 g/mol. The Morgan fingerprint density at radius 3 is 2.32 bits per heavy atom. The van der Waals surface area contributed by atoms with Crippen molar-refractivity contribution in [3.63, 3.8) is 0 Å². The lowest BCUT2D eigenvalue weighted by molar-refractivity contribution is 0.299. The van der Waals surface area contributed by atoms with Gasteiger partial charge in [-0.05, 0) is 67.7 Å². The highest BCUT2D eigenvalue weighted by molar-refractivity contribution is 7.80. The summed E-state index contributed by atoms with van der Waals surface area (Å²) in [6.45, 7) is 2.76. The summed E-state index contributed by atoms with van der Waals surface area (Å²) in [5.74, 6) is 0. The lowest BCUT2D eigenvalue weighted by atomic mass is 10.0. The molecule has 0 spiro atoms. The molecule has 154 valence electrons. The number of rotatable bonds is 5. The van der Waals surface area contributed by atoms with Gasteiger partial charge in [-0.25, -0.2) is 0 Å². The number of aryl methyl sites for hydroxylation is 1. The van der Waals surface area contributed by atoms with Crippen LogP contribution in [0.2, 0.25) is 0 Å². The fourth-order valence-electron chi connectivity index (χ4n) is 4.28. The fraction of sp³-hybridized carbons (Fsp3) is 0.160. The number of nitrogens with zero attached hydrogens (tertiary/aromatic N) is 4. The van der Waals surface area contributed by atoms with Crippen molar-refractivity contribution in [3.05, 3.63) is 114 Å². The number of pyridine rings is 2. The summed E-state index contributed by atoms with van der Waals surface area (Å²) in [7, 11) is 0. The number of hydrogen-bond acceptors (Lipinski definition) is 3. The molecule has 1 saturated heterocycles. The van der Waals surface area contributed by atoms with Gasteiger partial charge in [-0.15, -0.1) is 0 Å². The van der Waals surface area contributed by atoms with Crippen LogP contribution in [-0.2, 0) is 6.54 Å². The zero-order valence-corrected chi connectivity index (χ0v) is 18.0. The van der Waals surface area contributed by atoms with E-state index in [0.29, 0.717) is 11.7 Å². The van der Waals surface area contributed by atoms with E-state index in [2.05, 4.69) is 74.1 Å². The van der Waals surface area contributed by atoms with Crippen LogP contribution < -0.4 is 5.32 Å². The Morgan fingerprint density at radius 1 is 0.871 bits per heavy atom. The predicted molar refractivity (Wildman–Crippen MR) is 126 cm³/mol. The first-order chi connectivity index (χ1) is 15.2. The molecule has 1 aliphatic rings. The third-order valence-electron chi connectivity index (χ3n) is 5.68. The predicted octanol–water partition coefficient (Wildman–Crippen LogP) is 4.75. The molecule has 0 bridgehead atoms. The number of benzene rings is 1. The standard InChI is InChI=1S/C25H23N5S/c1-18-13-14-22(30(18)20-10-3-2-4-11-20)24-23(21-12-6-8-16-27-21)28-25(31)29(24)17-19-9-5-7-15-26-19/h2-16,23-24H,17H2,1H3,(H,28,31)/t23-,24-/m0/s1. The number of thiocarbonyl (C=S) groups is 1. The van der Waals surface area contributed by atoms with Crippen molar-refractivity contribution in [1.29, 1.82) is 0 Å². The molecule has 0 amide bonds. The minimum Gasteiger partial charge on any atom is -0.352 e. The van der Waals surface area contributed by atoms with Crippen LogP contribution >= 0.6 is 12.2 Å². The second-order valence-electron chi connectivity index (χ2n) is 7.65. The average Bonchev–Trinajstić information content (AvgIpc) is 3.35. The van der Waals surface area contributed by atoms with Crippen LogP contribution in [0.5, 0.6) is 0 Å². The molecule has 6 heteroatoms. The molecule has 0 unspecified atom stereocenters. The van der Waals surface area contributed by atoms with E-state index in [1.807, 2.05) is 48.8 Å². The summed E-state index contributed by atoms with van der Waals surface area (Å²) in [6, 6.07) is 26.7. The van der Waals surface area contributed by atoms with Gasteiger partial charge >= 0.3 is 0 Å². The lowest BCUT2D eigenvalue weighted by Crippen LogP contribution is -2.30. The van der Waals surface area contributed by atoms with E-state index in [-0.39, 0.29) is 12.1 Å². The van der Waals surface area contributed by atoms with Crippen molar-refractivity contribution < 1.29 is 0 Å². The first-order valence-corrected chi connectivity index (χ1v) is 10.7. The molecule has 0 saturated carbocycles. The van der Waals surface area contributed by atoms with Gasteiger partial charge in [0.2, 0.25) is 0 Å². The highest BCUT2D eigenvalue weighted by Gasteiger charge is 2.41. The van der Waals surface area contributed by atoms with Crippen molar-refractivity contribution in [2.45, 2.75) is 25.6 Å². The van der Waals surface area contributed by atoms with E-state index in [1.165, 1.54) is 11.4 Å². The quantitative estimate of drug-likeness (QED) is 0.468. The molecular weight excluding hydrogens is 402 g/mol. The van der Waals surface area contributed by atoms with Crippen molar-refractivity contribution in [3.8, 4) is 5.69 Å². The van der Waals surface area contributed by atoms with Crippen molar-refractivity contribution >= 4 is 17.3 Å². The molecule has 5 rings (SSSR count). The number of hydrogen-bond donors (Lipinski definition) is 1. The Labute approximate surface area is 187 Å². The van der Waals surface area contributed by atoms with E-state index in [9.17, 15) is 0 Å². The molecule has 2 atom stereocenters. The molecule has 1 fully saturated rings. The Balaban J connectivity index is 1.63. The summed E-state index contributed by atoms with van der Waals surface area (Å²) in [5.41, 5.74) is 5.43. The van der Waals surface area contributed by atoms with Crippen molar-refractivity contribution in [1.82, 2.24) is 24.8 Å². The molecule has 4 aromatic rings. The second-order valence-corrected chi connectivity index (χ2v) is 8.03. The zero-order valence-electron chi connectivity index (χ0n) is 17.2. The number of para-hydroxylation sites is 1. The molecule has 4 heterocycles. The van der Waals surface area contributed by atoms with Gasteiger partial charge in [0, 0.05) is 29.5 Å². The molecular formula is C25H23N5S. The lowest BCUT2D eigenvalue weighted by Gasteiger charge is -2.29. The molecule has 1 N–H and O–H groups in total. The highest BCUT2D eigenvalue weighted by Crippen LogP contribution is 2.40. The summed E-state index contributed by atoms with van der Waals surface area (Å²) < 4.78 is 2.31. The van der Waals surface area contributed by atoms with Gasteiger partial charge in [0.15, 0.2) is 5.11 Å². The smallest absolute Gasteiger partial charge is 0.170 e. The molecule has 1 aromatic carbocycles. The zero-order chi connectivity index (χ0) is 21.2. The van der Waals surface area contributed by atoms with Crippen LogP contribution in [0.3, 0.4) is 0 Å². The van der Waals surface area contributed by atoms with Crippen molar-refractivity contribution in [2.75, 3.05) is 0 Å². The van der Waals surface area contributed by atoms with E-state index < -0.39 is 0 Å². The minimum absolute atomic E-state index is 0.0293. The summed E-state index contributed by atoms with van der Waals surface area (Å²) in [5, 5.41) is 4.24. The van der Waals surface area contributed by atoms with Gasteiger partial charge in [0.05, 0.1) is 30.0 Å². The summed E-state index contributed by atoms with van der Waals surface area (Å²) in [6.07, 6.45) is 3.66. The SMILES string of the molecule is Cc1ccc([C@H]2[C@H](c3ccccn3)NC(=S)N2Cc2ccccn2)n1-c1ccccc1. The van der Waals surface area contributed by atoms with E-state index in [1.54, 1.807) is 0 Å². The minimum atomic E-state index is -0.0609. The number of aromatic nitrogens is 3. The first kappa shape index (κ1) is 19.5. The molecule has 0 aliphatic carbocycles. The van der Waals surface area contributed by atoms with Gasteiger partial charge < -0.3 is 14.8 Å². The van der Waals surface area contributed by atoms with Crippen molar-refractivity contribution in [2.24, 2.45) is 0 Å². The molecule has 3 aromatic heterocycles. The van der Waals surface area contributed by atoms with E-state index in [0.717, 1.165) is 17.1 Å². The molecule has 0 radical (unpaired) electrons. The Kier molecular flexibility index (Phi) is 5.22. The molecule has 5 nitrogen and oxygen atoms in total. The van der Waals surface area contributed by atoms with Crippen LogP contribution in [0.4, 0.5) is 0 Å². The second kappa shape index (κ2) is 8.32. The van der Waals surface area contributed by atoms with E-state index >= 15 is 0 Å². The van der Waals surface area contributed by atoms with Gasteiger partial charge in [-0.1, -0.05) is 30.3 Å². The number of nitrogens with one attached hydrogen (secondary N) is 1. The highest BCUT2D eigenvalue weighted by atomic mass is 32.1. The summed E-state index contributed by atoms with van der Waals surface area (Å²) in [4.78, 5) is 11.4. The third-order valence-corrected chi connectivity index (χ3v) is 6.03. The van der Waals surface area contributed by atoms with Gasteiger partial charge in [0.1, 0.15) is 0 Å². The van der Waals surface area contributed by atoms with Crippen LogP contribution in [0, 0.1) is 6.92 Å². The van der Waals surface area contributed by atoms with Gasteiger partial charge in [-0.3, -0.25) is 9.97 Å². The van der Waals surface area contributed by atoms with Crippen LogP contribution in [0.15, 0.2) is 91.3 Å². The maximum atomic E-state index is 5.81. The van der Waals surface area contributed by atoms with Gasteiger partial charge in [-0.2, -0.15) is 0 Å². The fourth-order valence-corrected chi connectivity index (χ4v) is 4.59. The largest absolute Gasteiger partial charge is 0.352 e. The maximum absolute atomic E-state index is 5.81. The normalized spacial score (nSPS) is 18.2. The summed E-state index contributed by atoms with van der Waals surface area (Å²) >= 11 is 5.81. The van der Waals surface area contributed by atoms with E-state index in [4.69, 9.17) is 12.2 Å². The van der Waals surface area contributed by atoms with Gasteiger partial charge in [0.25, 0.3) is 0 Å². The molecule has 1 aliphatic heterocycles. The van der Waals surface area contributed by atoms with Crippen LogP contribution in [-0.4, -0.2) is 24.5 Å². The average molecular weight is 426 g/mol. The topological polar surface area (TPSA) is 46.0 Å². The Hall–Kier alpha value is -3.51. The van der Waals surface area contributed by atoms with Crippen LogP contribution in [0.25, 0.3) is 5.69 Å².